The summed E-state index contributed by atoms with van der Waals surface area (Å²) in [5.41, 5.74) is -0.0352. The SMILES string of the molecule is CCCCCCCCCOC(=O)C(C)(C)CCCCCCN(CCO)CCCCC1(CCC(=O)OCCCC(CCCCC)CCCCC)CC1. The van der Waals surface area contributed by atoms with E-state index in [4.69, 9.17) is 9.47 Å². The minimum Gasteiger partial charge on any atom is -0.466 e. The minimum absolute atomic E-state index is 0.00575. The highest BCUT2D eigenvalue weighted by Crippen LogP contribution is 2.53. The van der Waals surface area contributed by atoms with E-state index < -0.39 is 5.41 Å². The molecule has 0 bridgehead atoms. The fourth-order valence-electron chi connectivity index (χ4n) is 7.69. The van der Waals surface area contributed by atoms with Crippen molar-refractivity contribution < 1.29 is 24.2 Å². The van der Waals surface area contributed by atoms with Crippen molar-refractivity contribution in [1.29, 1.82) is 0 Å². The second-order valence-electron chi connectivity index (χ2n) is 17.0. The van der Waals surface area contributed by atoms with Gasteiger partial charge in [0.2, 0.25) is 0 Å². The fourth-order valence-corrected chi connectivity index (χ4v) is 7.69. The third-order valence-corrected chi connectivity index (χ3v) is 11.7. The van der Waals surface area contributed by atoms with Crippen LogP contribution in [0.25, 0.3) is 0 Å². The smallest absolute Gasteiger partial charge is 0.311 e. The first-order chi connectivity index (χ1) is 24.7. The summed E-state index contributed by atoms with van der Waals surface area (Å²) in [6.45, 7) is 15.0. The Hall–Kier alpha value is -1.14. The molecule has 1 aliphatic rings. The number of carbonyl (C=O) groups excluding carboxylic acids is 2. The van der Waals surface area contributed by atoms with Crippen LogP contribution in [0.5, 0.6) is 0 Å². The zero-order valence-electron chi connectivity index (χ0n) is 34.9. The van der Waals surface area contributed by atoms with Crippen LogP contribution in [-0.4, -0.2) is 61.4 Å². The molecule has 1 fully saturated rings. The largest absolute Gasteiger partial charge is 0.466 e. The third kappa shape index (κ3) is 26.3. The van der Waals surface area contributed by atoms with Gasteiger partial charge in [0.1, 0.15) is 0 Å². The lowest BCUT2D eigenvalue weighted by molar-refractivity contribution is -0.154. The average molecular weight is 722 g/mol. The summed E-state index contributed by atoms with van der Waals surface area (Å²) in [6, 6.07) is 0. The molecule has 0 aromatic heterocycles. The molecule has 0 atom stereocenters. The van der Waals surface area contributed by atoms with Gasteiger partial charge in [-0.2, -0.15) is 0 Å². The number of aliphatic hydroxyl groups is 1. The number of hydrogen-bond acceptors (Lipinski definition) is 6. The lowest BCUT2D eigenvalue weighted by Crippen LogP contribution is -2.29. The van der Waals surface area contributed by atoms with Crippen LogP contribution in [0.15, 0.2) is 0 Å². The number of rotatable bonds is 38. The van der Waals surface area contributed by atoms with Gasteiger partial charge in [0.15, 0.2) is 0 Å². The Kier molecular flexibility index (Phi) is 29.3. The Morgan fingerprint density at radius 1 is 0.627 bits per heavy atom. The zero-order valence-corrected chi connectivity index (χ0v) is 34.9. The number of nitrogens with zero attached hydrogens (tertiary/aromatic N) is 1. The number of aliphatic hydroxyl groups excluding tert-OH is 1. The van der Waals surface area contributed by atoms with E-state index in [0.29, 0.717) is 25.0 Å². The van der Waals surface area contributed by atoms with Crippen molar-refractivity contribution >= 4 is 11.9 Å². The molecule has 1 N–H and O–H groups in total. The molecule has 1 aliphatic carbocycles. The lowest BCUT2D eigenvalue weighted by atomic mass is 9.87. The molecule has 302 valence electrons. The first kappa shape index (κ1) is 47.9. The molecular weight excluding hydrogens is 634 g/mol. The summed E-state index contributed by atoms with van der Waals surface area (Å²) in [4.78, 5) is 27.6. The highest BCUT2D eigenvalue weighted by atomic mass is 16.5. The van der Waals surface area contributed by atoms with Gasteiger partial charge in [0.25, 0.3) is 0 Å². The predicted molar refractivity (Wildman–Crippen MR) is 216 cm³/mol. The van der Waals surface area contributed by atoms with Crippen molar-refractivity contribution in [2.45, 2.75) is 221 Å². The summed E-state index contributed by atoms with van der Waals surface area (Å²) in [7, 11) is 0. The van der Waals surface area contributed by atoms with E-state index in [9.17, 15) is 14.7 Å². The van der Waals surface area contributed by atoms with Crippen LogP contribution in [0.1, 0.15) is 221 Å². The molecule has 0 amide bonds. The van der Waals surface area contributed by atoms with Gasteiger partial charge < -0.3 is 19.5 Å². The summed E-state index contributed by atoms with van der Waals surface area (Å²) >= 11 is 0. The van der Waals surface area contributed by atoms with Crippen molar-refractivity contribution in [2.75, 3.05) is 39.5 Å². The molecule has 0 aliphatic heterocycles. The Labute approximate surface area is 317 Å². The molecule has 0 heterocycles. The van der Waals surface area contributed by atoms with Gasteiger partial charge in [-0.3, -0.25) is 9.59 Å². The number of unbranched alkanes of at least 4 members (excludes halogenated alkanes) is 14. The van der Waals surface area contributed by atoms with Crippen LogP contribution in [-0.2, 0) is 19.1 Å². The van der Waals surface area contributed by atoms with Gasteiger partial charge in [-0.1, -0.05) is 136 Å². The summed E-state index contributed by atoms with van der Waals surface area (Å²) < 4.78 is 11.3. The molecule has 0 spiro atoms. The molecule has 1 saturated carbocycles. The quantitative estimate of drug-likeness (QED) is 0.0505. The van der Waals surface area contributed by atoms with Crippen molar-refractivity contribution in [3.05, 3.63) is 0 Å². The van der Waals surface area contributed by atoms with Crippen LogP contribution < -0.4 is 0 Å². The maximum atomic E-state index is 12.6. The van der Waals surface area contributed by atoms with E-state index in [1.807, 2.05) is 13.8 Å². The number of carbonyl (C=O) groups is 2. The summed E-state index contributed by atoms with van der Waals surface area (Å²) in [5, 5.41) is 9.63. The molecule has 0 aromatic carbocycles. The van der Waals surface area contributed by atoms with Gasteiger partial charge in [-0.05, 0) is 102 Å². The molecule has 6 nitrogen and oxygen atoms in total. The van der Waals surface area contributed by atoms with Crippen LogP contribution in [0, 0.1) is 16.7 Å². The van der Waals surface area contributed by atoms with Crippen molar-refractivity contribution in [3.63, 3.8) is 0 Å². The van der Waals surface area contributed by atoms with Crippen molar-refractivity contribution in [1.82, 2.24) is 4.90 Å². The van der Waals surface area contributed by atoms with Crippen LogP contribution >= 0.6 is 0 Å². The molecule has 6 heteroatoms. The van der Waals surface area contributed by atoms with Gasteiger partial charge in [0.05, 0.1) is 25.2 Å². The molecule has 0 radical (unpaired) electrons. The van der Waals surface area contributed by atoms with Gasteiger partial charge in [-0.15, -0.1) is 0 Å². The molecule has 0 saturated heterocycles. The van der Waals surface area contributed by atoms with Crippen LogP contribution in [0.2, 0.25) is 0 Å². The first-order valence-corrected chi connectivity index (χ1v) is 22.4. The second kappa shape index (κ2) is 31.2. The van der Waals surface area contributed by atoms with Gasteiger partial charge >= 0.3 is 11.9 Å². The molecule has 1 rings (SSSR count). The van der Waals surface area contributed by atoms with E-state index in [2.05, 4.69) is 25.7 Å². The molecule has 0 aromatic rings. The standard InChI is InChI=1S/C45H87NO5/c1-6-9-12-13-14-17-24-39-51-43(49)44(4,5)30-20-15-16-22-35-46(37-38-47)36-23-21-31-45(33-34-45)32-29-42(48)50-40-25-28-41(26-18-10-7-2)27-19-11-8-3/h41,47H,6-40H2,1-5H3. The lowest BCUT2D eigenvalue weighted by Gasteiger charge is -2.23. The predicted octanol–water partition coefficient (Wildman–Crippen LogP) is 12.4. The molecular formula is C45H87NO5. The van der Waals surface area contributed by atoms with Crippen LogP contribution in [0.4, 0.5) is 0 Å². The Morgan fingerprint density at radius 2 is 1.16 bits per heavy atom. The number of esters is 2. The highest BCUT2D eigenvalue weighted by Gasteiger charge is 2.41. The monoisotopic (exact) mass is 722 g/mol. The Balaban J connectivity index is 2.15. The number of ether oxygens (including phenoxy) is 2. The average Bonchev–Trinajstić information content (AvgIpc) is 3.89. The topological polar surface area (TPSA) is 76.1 Å². The van der Waals surface area contributed by atoms with Crippen molar-refractivity contribution in [3.8, 4) is 0 Å². The Bertz CT molecular complexity index is 815. The Morgan fingerprint density at radius 3 is 1.78 bits per heavy atom. The van der Waals surface area contributed by atoms with E-state index in [1.54, 1.807) is 0 Å². The maximum absolute atomic E-state index is 12.6. The van der Waals surface area contributed by atoms with E-state index in [0.717, 1.165) is 89.8 Å². The maximum Gasteiger partial charge on any atom is 0.311 e. The summed E-state index contributed by atoms with van der Waals surface area (Å²) in [6.07, 6.45) is 34.4. The van der Waals surface area contributed by atoms with Crippen molar-refractivity contribution in [2.24, 2.45) is 16.7 Å². The normalized spacial score (nSPS) is 14.0. The van der Waals surface area contributed by atoms with E-state index in [-0.39, 0.29) is 18.5 Å². The van der Waals surface area contributed by atoms with Crippen LogP contribution in [0.3, 0.4) is 0 Å². The van der Waals surface area contributed by atoms with E-state index >= 15 is 0 Å². The molecule has 0 unspecified atom stereocenters. The summed E-state index contributed by atoms with van der Waals surface area (Å²) in [5.74, 6) is 0.766. The third-order valence-electron chi connectivity index (χ3n) is 11.7. The minimum atomic E-state index is -0.409. The highest BCUT2D eigenvalue weighted by molar-refractivity contribution is 5.75. The zero-order chi connectivity index (χ0) is 37.5. The first-order valence-electron chi connectivity index (χ1n) is 22.4. The number of hydrogen-bond donors (Lipinski definition) is 1. The molecule has 51 heavy (non-hydrogen) atoms. The fraction of sp³-hybridized carbons (Fsp3) is 0.956. The van der Waals surface area contributed by atoms with Gasteiger partial charge in [0, 0.05) is 13.0 Å². The second-order valence-corrected chi connectivity index (χ2v) is 17.0. The van der Waals surface area contributed by atoms with E-state index in [1.165, 1.54) is 116 Å². The van der Waals surface area contributed by atoms with Gasteiger partial charge in [-0.25, -0.2) is 0 Å².